The number of carbonyl (C=O) groups excluding carboxylic acids is 1. The van der Waals surface area contributed by atoms with Gasteiger partial charge in [0.05, 0.1) is 12.5 Å². The van der Waals surface area contributed by atoms with Gasteiger partial charge >= 0.3 is 0 Å². The molecule has 1 aromatic rings. The van der Waals surface area contributed by atoms with Gasteiger partial charge in [-0.25, -0.2) is 0 Å². The van der Waals surface area contributed by atoms with Crippen LogP contribution in [0.1, 0.15) is 23.7 Å². The van der Waals surface area contributed by atoms with Crippen molar-refractivity contribution in [1.29, 1.82) is 0 Å². The third-order valence-electron chi connectivity index (χ3n) is 2.12. The van der Waals surface area contributed by atoms with Crippen LogP contribution in [0, 0.1) is 6.92 Å². The largest absolute Gasteiger partial charge is 0.388 e. The standard InChI is InChI=1S/C11H15NO2/c1-8-3-5-9(6-4-8)10(13)7-11(14)12-2/h3-6,10,13H,7H2,1-2H3,(H,12,14). The van der Waals surface area contributed by atoms with E-state index in [9.17, 15) is 9.90 Å². The molecular formula is C11H15NO2. The molecule has 76 valence electrons. The molecule has 1 amide bonds. The van der Waals surface area contributed by atoms with Crippen molar-refractivity contribution >= 4 is 5.91 Å². The lowest BCUT2D eigenvalue weighted by Gasteiger charge is -2.09. The van der Waals surface area contributed by atoms with Gasteiger partial charge in [0.25, 0.3) is 0 Å². The van der Waals surface area contributed by atoms with Crippen LogP contribution in [0.15, 0.2) is 24.3 Å². The third-order valence-corrected chi connectivity index (χ3v) is 2.12. The molecule has 0 aromatic heterocycles. The number of carbonyl (C=O) groups is 1. The first-order valence-corrected chi connectivity index (χ1v) is 4.58. The van der Waals surface area contributed by atoms with E-state index in [0.717, 1.165) is 11.1 Å². The van der Waals surface area contributed by atoms with Crippen molar-refractivity contribution in [3.8, 4) is 0 Å². The van der Waals surface area contributed by atoms with E-state index in [-0.39, 0.29) is 12.3 Å². The molecule has 2 N–H and O–H groups in total. The predicted octanol–water partition coefficient (Wildman–Crippen LogP) is 1.16. The zero-order chi connectivity index (χ0) is 10.6. The minimum atomic E-state index is -0.712. The molecule has 3 heteroatoms. The van der Waals surface area contributed by atoms with E-state index in [1.807, 2.05) is 31.2 Å². The SMILES string of the molecule is CNC(=O)CC(O)c1ccc(C)cc1. The highest BCUT2D eigenvalue weighted by atomic mass is 16.3. The molecule has 0 aliphatic rings. The Bertz CT molecular complexity index is 306. The monoisotopic (exact) mass is 193 g/mol. The van der Waals surface area contributed by atoms with E-state index in [2.05, 4.69) is 5.32 Å². The summed E-state index contributed by atoms with van der Waals surface area (Å²) >= 11 is 0. The lowest BCUT2D eigenvalue weighted by molar-refractivity contribution is -0.122. The molecule has 1 rings (SSSR count). The second-order valence-corrected chi connectivity index (χ2v) is 3.30. The van der Waals surface area contributed by atoms with Crippen LogP contribution in [0.25, 0.3) is 0 Å². The first-order chi connectivity index (χ1) is 6.63. The Hall–Kier alpha value is -1.35. The van der Waals surface area contributed by atoms with Crippen LogP contribution in [-0.4, -0.2) is 18.1 Å². The molecule has 0 aliphatic carbocycles. The van der Waals surface area contributed by atoms with Crippen molar-refractivity contribution in [3.63, 3.8) is 0 Å². The maximum atomic E-state index is 11.0. The van der Waals surface area contributed by atoms with Gasteiger partial charge in [-0.15, -0.1) is 0 Å². The summed E-state index contributed by atoms with van der Waals surface area (Å²) in [7, 11) is 1.56. The summed E-state index contributed by atoms with van der Waals surface area (Å²) in [5, 5.41) is 12.1. The number of hydrogen-bond acceptors (Lipinski definition) is 2. The maximum Gasteiger partial charge on any atom is 0.222 e. The highest BCUT2D eigenvalue weighted by molar-refractivity contribution is 5.76. The highest BCUT2D eigenvalue weighted by Crippen LogP contribution is 2.16. The fourth-order valence-corrected chi connectivity index (χ4v) is 1.18. The third kappa shape index (κ3) is 2.85. The molecule has 1 aromatic carbocycles. The Morgan fingerprint density at radius 2 is 2.00 bits per heavy atom. The van der Waals surface area contributed by atoms with Crippen LogP contribution in [0.3, 0.4) is 0 Å². The van der Waals surface area contributed by atoms with Gasteiger partial charge < -0.3 is 10.4 Å². The average Bonchev–Trinajstić information content (AvgIpc) is 2.18. The topological polar surface area (TPSA) is 49.3 Å². The van der Waals surface area contributed by atoms with Crippen LogP contribution in [-0.2, 0) is 4.79 Å². The molecule has 1 atom stereocenters. The van der Waals surface area contributed by atoms with Crippen molar-refractivity contribution in [2.75, 3.05) is 7.05 Å². The van der Waals surface area contributed by atoms with Crippen molar-refractivity contribution in [1.82, 2.24) is 5.32 Å². The highest BCUT2D eigenvalue weighted by Gasteiger charge is 2.10. The van der Waals surface area contributed by atoms with Gasteiger partial charge in [0.2, 0.25) is 5.91 Å². The van der Waals surface area contributed by atoms with Gasteiger partial charge in [0.1, 0.15) is 0 Å². The van der Waals surface area contributed by atoms with Gasteiger partial charge in [0.15, 0.2) is 0 Å². The fourth-order valence-electron chi connectivity index (χ4n) is 1.18. The van der Waals surface area contributed by atoms with Crippen LogP contribution in [0.5, 0.6) is 0 Å². The van der Waals surface area contributed by atoms with Gasteiger partial charge in [0, 0.05) is 7.05 Å². The minimum absolute atomic E-state index is 0.111. The lowest BCUT2D eigenvalue weighted by atomic mass is 10.0. The molecule has 0 radical (unpaired) electrons. The predicted molar refractivity (Wildman–Crippen MR) is 54.8 cm³/mol. The number of amides is 1. The summed E-state index contributed by atoms with van der Waals surface area (Å²) in [6.45, 7) is 1.98. The summed E-state index contributed by atoms with van der Waals surface area (Å²) in [5.41, 5.74) is 1.92. The Kier molecular flexibility index (Phi) is 3.65. The molecule has 0 aliphatic heterocycles. The minimum Gasteiger partial charge on any atom is -0.388 e. The van der Waals surface area contributed by atoms with Crippen molar-refractivity contribution in [2.45, 2.75) is 19.4 Å². The fraction of sp³-hybridized carbons (Fsp3) is 0.364. The van der Waals surface area contributed by atoms with E-state index in [4.69, 9.17) is 0 Å². The van der Waals surface area contributed by atoms with Gasteiger partial charge in [-0.1, -0.05) is 29.8 Å². The smallest absolute Gasteiger partial charge is 0.222 e. The van der Waals surface area contributed by atoms with E-state index in [1.165, 1.54) is 0 Å². The van der Waals surface area contributed by atoms with Crippen LogP contribution < -0.4 is 5.32 Å². The number of aliphatic hydroxyl groups is 1. The molecule has 0 bridgehead atoms. The molecule has 0 spiro atoms. The average molecular weight is 193 g/mol. The van der Waals surface area contributed by atoms with Crippen molar-refractivity contribution in [3.05, 3.63) is 35.4 Å². The van der Waals surface area contributed by atoms with Gasteiger partial charge in [-0.2, -0.15) is 0 Å². The number of benzene rings is 1. The van der Waals surface area contributed by atoms with Crippen LogP contribution in [0.4, 0.5) is 0 Å². The maximum absolute atomic E-state index is 11.0. The number of aliphatic hydroxyl groups excluding tert-OH is 1. The molecule has 14 heavy (non-hydrogen) atoms. The summed E-state index contributed by atoms with van der Waals surface area (Å²) in [6, 6.07) is 7.51. The molecular weight excluding hydrogens is 178 g/mol. The lowest BCUT2D eigenvalue weighted by Crippen LogP contribution is -2.20. The van der Waals surface area contributed by atoms with Crippen molar-refractivity contribution < 1.29 is 9.90 Å². The number of aryl methyl sites for hydroxylation is 1. The van der Waals surface area contributed by atoms with Crippen LogP contribution >= 0.6 is 0 Å². The summed E-state index contributed by atoms with van der Waals surface area (Å²) in [5.74, 6) is -0.155. The first-order valence-electron chi connectivity index (χ1n) is 4.58. The summed E-state index contributed by atoms with van der Waals surface area (Å²) < 4.78 is 0. The molecule has 3 nitrogen and oxygen atoms in total. The quantitative estimate of drug-likeness (QED) is 0.757. The van der Waals surface area contributed by atoms with E-state index >= 15 is 0 Å². The summed E-state index contributed by atoms with van der Waals surface area (Å²) in [6.07, 6.45) is -0.602. The second kappa shape index (κ2) is 4.77. The van der Waals surface area contributed by atoms with E-state index in [1.54, 1.807) is 7.05 Å². The molecule has 1 unspecified atom stereocenters. The number of hydrogen-bond donors (Lipinski definition) is 2. The normalized spacial score (nSPS) is 12.2. The number of rotatable bonds is 3. The zero-order valence-electron chi connectivity index (χ0n) is 8.45. The first kappa shape index (κ1) is 10.7. The second-order valence-electron chi connectivity index (χ2n) is 3.30. The Labute approximate surface area is 83.8 Å². The zero-order valence-corrected chi connectivity index (χ0v) is 8.45. The number of nitrogens with one attached hydrogen (secondary N) is 1. The Morgan fingerprint density at radius 3 is 2.50 bits per heavy atom. The Morgan fingerprint density at radius 1 is 1.43 bits per heavy atom. The van der Waals surface area contributed by atoms with Gasteiger partial charge in [-0.3, -0.25) is 4.79 Å². The van der Waals surface area contributed by atoms with Gasteiger partial charge in [-0.05, 0) is 12.5 Å². The Balaban J connectivity index is 2.65. The van der Waals surface area contributed by atoms with Crippen molar-refractivity contribution in [2.24, 2.45) is 0 Å². The molecule has 0 saturated heterocycles. The van der Waals surface area contributed by atoms with E-state index in [0.29, 0.717) is 0 Å². The summed E-state index contributed by atoms with van der Waals surface area (Å²) in [4.78, 5) is 11.0. The molecule has 0 saturated carbocycles. The molecule has 0 fully saturated rings. The molecule has 0 heterocycles. The van der Waals surface area contributed by atoms with E-state index < -0.39 is 6.10 Å². The van der Waals surface area contributed by atoms with Crippen LogP contribution in [0.2, 0.25) is 0 Å².